The van der Waals surface area contributed by atoms with E-state index in [0.717, 1.165) is 12.8 Å². The van der Waals surface area contributed by atoms with Crippen LogP contribution in [0.1, 0.15) is 18.5 Å². The molecule has 0 aliphatic carbocycles. The number of hydrogen-bond acceptors (Lipinski definition) is 4. The van der Waals surface area contributed by atoms with Gasteiger partial charge in [-0.25, -0.2) is 8.42 Å². The lowest BCUT2D eigenvalue weighted by atomic mass is 10.1. The highest BCUT2D eigenvalue weighted by molar-refractivity contribution is 7.89. The lowest BCUT2D eigenvalue weighted by Crippen LogP contribution is -2.40. The van der Waals surface area contributed by atoms with Gasteiger partial charge in [0.05, 0.1) is 11.9 Å². The summed E-state index contributed by atoms with van der Waals surface area (Å²) in [6.45, 7) is 2.95. The Morgan fingerprint density at radius 1 is 1.47 bits per heavy atom. The van der Waals surface area contributed by atoms with E-state index in [1.165, 1.54) is 10.5 Å². The standard InChI is InChI=1S/C10H17N3O3S/c1-8-10(7-11-12-8)17(14,15)13(2)9-3-5-16-6-4-9/h7,9H,3-6H2,1-2H3,(H,11,12). The van der Waals surface area contributed by atoms with Crippen LogP contribution in [0.25, 0.3) is 0 Å². The summed E-state index contributed by atoms with van der Waals surface area (Å²) in [6.07, 6.45) is 2.85. The van der Waals surface area contributed by atoms with E-state index in [2.05, 4.69) is 10.2 Å². The number of H-pyrrole nitrogens is 1. The summed E-state index contributed by atoms with van der Waals surface area (Å²) in [5.41, 5.74) is 0.573. The van der Waals surface area contributed by atoms with Gasteiger partial charge < -0.3 is 4.74 Å². The first kappa shape index (κ1) is 12.5. The first-order valence-corrected chi connectivity index (χ1v) is 7.03. The number of aryl methyl sites for hydroxylation is 1. The summed E-state index contributed by atoms with van der Waals surface area (Å²) in [7, 11) is -1.82. The summed E-state index contributed by atoms with van der Waals surface area (Å²) in [5.74, 6) is 0. The van der Waals surface area contributed by atoms with Gasteiger partial charge in [0.1, 0.15) is 4.90 Å². The molecule has 0 unspecified atom stereocenters. The van der Waals surface area contributed by atoms with Gasteiger partial charge in [0.2, 0.25) is 10.0 Å². The van der Waals surface area contributed by atoms with Crippen molar-refractivity contribution in [3.05, 3.63) is 11.9 Å². The van der Waals surface area contributed by atoms with Crippen LogP contribution in [0.5, 0.6) is 0 Å². The molecule has 96 valence electrons. The monoisotopic (exact) mass is 259 g/mol. The van der Waals surface area contributed by atoms with Crippen LogP contribution in [-0.4, -0.2) is 49.2 Å². The van der Waals surface area contributed by atoms with Gasteiger partial charge in [0, 0.05) is 26.3 Å². The molecular formula is C10H17N3O3S. The average molecular weight is 259 g/mol. The lowest BCUT2D eigenvalue weighted by Gasteiger charge is -2.30. The van der Waals surface area contributed by atoms with Crippen molar-refractivity contribution >= 4 is 10.0 Å². The predicted octanol–water partition coefficient (Wildman–Crippen LogP) is 0.518. The molecule has 2 rings (SSSR count). The number of nitrogens with one attached hydrogen (secondary N) is 1. The van der Waals surface area contributed by atoms with Crippen molar-refractivity contribution in [3.8, 4) is 0 Å². The number of nitrogens with zero attached hydrogens (tertiary/aromatic N) is 2. The summed E-state index contributed by atoms with van der Waals surface area (Å²) >= 11 is 0. The second-order valence-electron chi connectivity index (χ2n) is 4.22. The van der Waals surface area contributed by atoms with Crippen molar-refractivity contribution in [3.63, 3.8) is 0 Å². The Morgan fingerprint density at radius 3 is 2.65 bits per heavy atom. The number of ether oxygens (including phenoxy) is 1. The minimum Gasteiger partial charge on any atom is -0.381 e. The Balaban J connectivity index is 2.23. The molecule has 0 bridgehead atoms. The fourth-order valence-corrected chi connectivity index (χ4v) is 3.53. The first-order chi connectivity index (χ1) is 8.03. The number of aromatic amines is 1. The third-order valence-electron chi connectivity index (χ3n) is 3.15. The van der Waals surface area contributed by atoms with Crippen LogP contribution in [0.15, 0.2) is 11.1 Å². The molecule has 0 amide bonds. The molecule has 7 heteroatoms. The molecule has 1 aromatic rings. The highest BCUT2D eigenvalue weighted by atomic mass is 32.2. The molecule has 0 spiro atoms. The van der Waals surface area contributed by atoms with Crippen molar-refractivity contribution in [2.75, 3.05) is 20.3 Å². The molecule has 2 heterocycles. The maximum absolute atomic E-state index is 12.3. The third kappa shape index (κ3) is 2.36. The van der Waals surface area contributed by atoms with Gasteiger partial charge >= 0.3 is 0 Å². The Kier molecular flexibility index (Phi) is 3.50. The fourth-order valence-electron chi connectivity index (χ4n) is 2.00. The number of hydrogen-bond donors (Lipinski definition) is 1. The molecule has 0 aromatic carbocycles. The van der Waals surface area contributed by atoms with Gasteiger partial charge in [-0.05, 0) is 19.8 Å². The molecule has 1 aliphatic rings. The molecule has 0 saturated carbocycles. The lowest BCUT2D eigenvalue weighted by molar-refractivity contribution is 0.0632. The van der Waals surface area contributed by atoms with Crippen molar-refractivity contribution in [1.82, 2.24) is 14.5 Å². The molecule has 17 heavy (non-hydrogen) atoms. The Bertz CT molecular complexity index is 477. The Labute approximate surface area is 101 Å². The number of aromatic nitrogens is 2. The van der Waals surface area contributed by atoms with Crippen molar-refractivity contribution in [1.29, 1.82) is 0 Å². The van der Waals surface area contributed by atoms with E-state index in [0.29, 0.717) is 18.9 Å². The van der Waals surface area contributed by atoms with E-state index < -0.39 is 10.0 Å². The molecule has 1 N–H and O–H groups in total. The topological polar surface area (TPSA) is 75.3 Å². The van der Waals surface area contributed by atoms with E-state index in [9.17, 15) is 8.42 Å². The van der Waals surface area contributed by atoms with Crippen LogP contribution in [0, 0.1) is 6.92 Å². The van der Waals surface area contributed by atoms with Crippen LogP contribution in [0.3, 0.4) is 0 Å². The molecule has 1 aromatic heterocycles. The van der Waals surface area contributed by atoms with Gasteiger partial charge in [-0.15, -0.1) is 0 Å². The van der Waals surface area contributed by atoms with E-state index in [1.807, 2.05) is 0 Å². The highest BCUT2D eigenvalue weighted by Crippen LogP contribution is 2.22. The summed E-state index contributed by atoms with van der Waals surface area (Å²) in [5, 5.41) is 6.41. The zero-order chi connectivity index (χ0) is 12.5. The maximum atomic E-state index is 12.3. The molecule has 1 aliphatic heterocycles. The SMILES string of the molecule is Cc1[nH]ncc1S(=O)(=O)N(C)C1CCOCC1. The van der Waals surface area contributed by atoms with Crippen LogP contribution in [0.2, 0.25) is 0 Å². The van der Waals surface area contributed by atoms with Gasteiger partial charge in [-0.1, -0.05) is 0 Å². The minimum atomic E-state index is -3.44. The van der Waals surface area contributed by atoms with E-state index in [1.54, 1.807) is 14.0 Å². The third-order valence-corrected chi connectivity index (χ3v) is 5.17. The van der Waals surface area contributed by atoms with Gasteiger partial charge in [0.15, 0.2) is 0 Å². The van der Waals surface area contributed by atoms with Crippen LogP contribution in [-0.2, 0) is 14.8 Å². The largest absolute Gasteiger partial charge is 0.381 e. The van der Waals surface area contributed by atoms with Gasteiger partial charge in [-0.3, -0.25) is 5.10 Å². The quantitative estimate of drug-likeness (QED) is 0.858. The summed E-state index contributed by atoms with van der Waals surface area (Å²) in [6, 6.07) is 0.0167. The van der Waals surface area contributed by atoms with E-state index >= 15 is 0 Å². The van der Waals surface area contributed by atoms with Crippen LogP contribution >= 0.6 is 0 Å². The molecule has 0 radical (unpaired) electrons. The van der Waals surface area contributed by atoms with Crippen LogP contribution in [0.4, 0.5) is 0 Å². The summed E-state index contributed by atoms with van der Waals surface area (Å²) in [4.78, 5) is 0.256. The van der Waals surface area contributed by atoms with E-state index in [4.69, 9.17) is 4.74 Å². The number of sulfonamides is 1. The predicted molar refractivity (Wildman–Crippen MR) is 62.1 cm³/mol. The molecular weight excluding hydrogens is 242 g/mol. The molecule has 1 fully saturated rings. The van der Waals surface area contributed by atoms with Crippen LogP contribution < -0.4 is 0 Å². The van der Waals surface area contributed by atoms with Gasteiger partial charge in [0.25, 0.3) is 0 Å². The van der Waals surface area contributed by atoms with E-state index in [-0.39, 0.29) is 10.9 Å². The maximum Gasteiger partial charge on any atom is 0.246 e. The Hall–Kier alpha value is -0.920. The van der Waals surface area contributed by atoms with Crippen molar-refractivity contribution in [2.45, 2.75) is 30.7 Å². The first-order valence-electron chi connectivity index (χ1n) is 5.59. The zero-order valence-electron chi connectivity index (χ0n) is 10.0. The molecule has 1 saturated heterocycles. The smallest absolute Gasteiger partial charge is 0.246 e. The summed E-state index contributed by atoms with van der Waals surface area (Å²) < 4.78 is 31.4. The normalized spacial score (nSPS) is 18.8. The Morgan fingerprint density at radius 2 is 2.12 bits per heavy atom. The second kappa shape index (κ2) is 4.75. The minimum absolute atomic E-state index is 0.0167. The fraction of sp³-hybridized carbons (Fsp3) is 0.700. The van der Waals surface area contributed by atoms with Crippen molar-refractivity contribution < 1.29 is 13.2 Å². The van der Waals surface area contributed by atoms with Gasteiger partial charge in [-0.2, -0.15) is 9.40 Å². The molecule has 0 atom stereocenters. The number of rotatable bonds is 3. The second-order valence-corrected chi connectivity index (χ2v) is 6.19. The highest BCUT2D eigenvalue weighted by Gasteiger charge is 2.31. The average Bonchev–Trinajstić information content (AvgIpc) is 2.76. The molecule has 6 nitrogen and oxygen atoms in total. The van der Waals surface area contributed by atoms with Crippen molar-refractivity contribution in [2.24, 2.45) is 0 Å². The zero-order valence-corrected chi connectivity index (χ0v) is 10.8.